The zero-order valence-electron chi connectivity index (χ0n) is 23.0. The molecule has 1 amide bonds. The highest BCUT2D eigenvalue weighted by Gasteiger charge is 2.38. The van der Waals surface area contributed by atoms with Crippen LogP contribution in [-0.2, 0) is 14.8 Å². The number of benzene rings is 2. The molecule has 0 aromatic heterocycles. The molecule has 10 nitrogen and oxygen atoms in total. The summed E-state index contributed by atoms with van der Waals surface area (Å²) in [7, 11) is 0.137. The molecule has 3 rings (SSSR count). The number of amides is 1. The number of carbonyl (C=O) groups is 2. The van der Waals surface area contributed by atoms with Crippen LogP contribution in [0.2, 0.25) is 0 Å². The van der Waals surface area contributed by atoms with E-state index in [4.69, 9.17) is 9.90 Å². The maximum Gasteiger partial charge on any atom is 0.490 e. The molecule has 14 heteroatoms. The fourth-order valence-corrected chi connectivity index (χ4v) is 4.83. The minimum atomic E-state index is -5.08. The molecule has 2 aromatic rings. The summed E-state index contributed by atoms with van der Waals surface area (Å²) in [5, 5.41) is 10.4. The first kappa shape index (κ1) is 32.8. The average Bonchev–Trinajstić information content (AvgIpc) is 2.89. The first-order valence-corrected chi connectivity index (χ1v) is 14.1. The molecule has 0 unspecified atom stereocenters. The Bertz CT molecular complexity index is 1250. The minimum Gasteiger partial charge on any atom is -0.475 e. The van der Waals surface area contributed by atoms with Crippen LogP contribution in [0.4, 0.5) is 24.5 Å². The van der Waals surface area contributed by atoms with Gasteiger partial charge in [-0.3, -0.25) is 9.52 Å². The van der Waals surface area contributed by atoms with Crippen LogP contribution in [0.25, 0.3) is 0 Å². The van der Waals surface area contributed by atoms with Gasteiger partial charge in [0.05, 0.1) is 16.3 Å². The molecule has 1 heterocycles. The molecule has 3 N–H and O–H groups in total. The number of carboxylic acids is 1. The van der Waals surface area contributed by atoms with Crippen LogP contribution >= 0.6 is 0 Å². The number of sulfonamides is 1. The first-order valence-electron chi connectivity index (χ1n) is 12.6. The molecule has 1 fully saturated rings. The Balaban J connectivity index is 0.000000708. The lowest BCUT2D eigenvalue weighted by atomic mass is 10.1. The van der Waals surface area contributed by atoms with E-state index in [1.54, 1.807) is 41.3 Å². The Labute approximate surface area is 232 Å². The topological polar surface area (TPSA) is 122 Å². The molecule has 1 saturated heterocycles. The summed E-state index contributed by atoms with van der Waals surface area (Å²) in [5.74, 6) is -2.87. The lowest BCUT2D eigenvalue weighted by Gasteiger charge is -2.31. The van der Waals surface area contributed by atoms with Crippen molar-refractivity contribution < 1.29 is 36.3 Å². The number of piperazine rings is 1. The number of nitrogens with one attached hydrogen (secondary N) is 2. The third-order valence-electron chi connectivity index (χ3n) is 6.01. The van der Waals surface area contributed by atoms with Gasteiger partial charge in [0.2, 0.25) is 0 Å². The van der Waals surface area contributed by atoms with Crippen molar-refractivity contribution in [3.8, 4) is 0 Å². The van der Waals surface area contributed by atoms with Gasteiger partial charge in [-0.2, -0.15) is 13.2 Å². The van der Waals surface area contributed by atoms with Crippen molar-refractivity contribution >= 4 is 33.3 Å². The molecular weight excluding hydrogens is 551 g/mol. The highest BCUT2D eigenvalue weighted by atomic mass is 32.2. The monoisotopic (exact) mass is 587 g/mol. The van der Waals surface area contributed by atoms with Crippen LogP contribution in [0.15, 0.2) is 47.4 Å². The van der Waals surface area contributed by atoms with Crippen molar-refractivity contribution in [2.24, 2.45) is 0 Å². The number of hydrogen-bond donors (Lipinski definition) is 3. The van der Waals surface area contributed by atoms with Gasteiger partial charge in [-0.1, -0.05) is 17.7 Å². The van der Waals surface area contributed by atoms with Crippen LogP contribution in [0.1, 0.15) is 22.8 Å². The summed E-state index contributed by atoms with van der Waals surface area (Å²) in [5.41, 5.74) is 2.66. The van der Waals surface area contributed by atoms with Gasteiger partial charge in [0, 0.05) is 51.4 Å². The lowest BCUT2D eigenvalue weighted by molar-refractivity contribution is -0.192. The number of anilines is 2. The molecular formula is C26H36F3N5O5S. The SMILES string of the molecule is CCN(CCN(C)C)C(=O)c1ccc(N2CCNCC2)c(NS(=O)(=O)c2ccc(C)cc2)c1.O=C(O)C(F)(F)F. The summed E-state index contributed by atoms with van der Waals surface area (Å²) in [4.78, 5) is 28.2. The van der Waals surface area contributed by atoms with E-state index in [-0.39, 0.29) is 10.8 Å². The third kappa shape index (κ3) is 9.68. The quantitative estimate of drug-likeness (QED) is 0.410. The zero-order chi connectivity index (χ0) is 30.1. The normalized spacial score (nSPS) is 13.8. The van der Waals surface area contributed by atoms with Crippen molar-refractivity contribution in [2.45, 2.75) is 24.9 Å². The van der Waals surface area contributed by atoms with Crippen molar-refractivity contribution in [3.05, 3.63) is 53.6 Å². The predicted octanol–water partition coefficient (Wildman–Crippen LogP) is 2.86. The van der Waals surface area contributed by atoms with E-state index in [9.17, 15) is 26.4 Å². The van der Waals surface area contributed by atoms with Gasteiger partial charge in [-0.15, -0.1) is 0 Å². The molecule has 222 valence electrons. The van der Waals surface area contributed by atoms with E-state index < -0.39 is 22.2 Å². The fraction of sp³-hybridized carbons (Fsp3) is 0.462. The smallest absolute Gasteiger partial charge is 0.475 e. The summed E-state index contributed by atoms with van der Waals surface area (Å²) in [6.07, 6.45) is -5.08. The fourth-order valence-electron chi connectivity index (χ4n) is 3.76. The Morgan fingerprint density at radius 3 is 2.12 bits per heavy atom. The molecule has 1 aliphatic heterocycles. The Hall–Kier alpha value is -3.36. The third-order valence-corrected chi connectivity index (χ3v) is 7.39. The second-order valence-corrected chi connectivity index (χ2v) is 11.1. The molecule has 0 atom stereocenters. The lowest BCUT2D eigenvalue weighted by Crippen LogP contribution is -2.44. The Kier molecular flexibility index (Phi) is 11.8. The maximum absolute atomic E-state index is 13.2. The van der Waals surface area contributed by atoms with Gasteiger partial charge < -0.3 is 25.1 Å². The minimum absolute atomic E-state index is 0.109. The Morgan fingerprint density at radius 2 is 1.62 bits per heavy atom. The Morgan fingerprint density at radius 1 is 1.05 bits per heavy atom. The summed E-state index contributed by atoms with van der Waals surface area (Å²) >= 11 is 0. The molecule has 40 heavy (non-hydrogen) atoms. The highest BCUT2D eigenvalue weighted by Crippen LogP contribution is 2.30. The van der Waals surface area contributed by atoms with E-state index in [2.05, 4.69) is 14.9 Å². The molecule has 2 aromatic carbocycles. The van der Waals surface area contributed by atoms with Crippen LogP contribution in [-0.4, -0.2) is 101 Å². The number of hydrogen-bond acceptors (Lipinski definition) is 7. The number of aryl methyl sites for hydroxylation is 1. The van der Waals surface area contributed by atoms with Gasteiger partial charge in [0.1, 0.15) is 0 Å². The number of rotatable bonds is 9. The van der Waals surface area contributed by atoms with Gasteiger partial charge in [-0.05, 0) is 58.3 Å². The standard InChI is InChI=1S/C24H35N5O3S.C2HF3O2/c1-5-28(17-16-27(3)4)24(30)20-8-11-23(29-14-12-25-13-15-29)22(18-20)26-33(31,32)21-9-6-19(2)7-10-21;3-2(4,5)1(6)7/h6-11,18,25-26H,5,12-17H2,1-4H3;(H,6,7). The molecule has 0 aliphatic carbocycles. The molecule has 0 saturated carbocycles. The molecule has 0 spiro atoms. The van der Waals surface area contributed by atoms with Gasteiger partial charge in [0.15, 0.2) is 0 Å². The van der Waals surface area contributed by atoms with Crippen LogP contribution in [0, 0.1) is 6.92 Å². The second kappa shape index (κ2) is 14.3. The van der Waals surface area contributed by atoms with Crippen molar-refractivity contribution in [1.82, 2.24) is 15.1 Å². The van der Waals surface area contributed by atoms with E-state index in [1.807, 2.05) is 38.9 Å². The predicted molar refractivity (Wildman–Crippen MR) is 147 cm³/mol. The molecule has 0 radical (unpaired) electrons. The number of halogens is 3. The van der Waals surface area contributed by atoms with E-state index in [1.165, 1.54) is 0 Å². The largest absolute Gasteiger partial charge is 0.490 e. The number of likely N-dealkylation sites (N-methyl/N-ethyl adjacent to an activating group) is 2. The summed E-state index contributed by atoms with van der Waals surface area (Å²) in [6.45, 7) is 8.96. The second-order valence-electron chi connectivity index (χ2n) is 9.38. The van der Waals surface area contributed by atoms with Gasteiger partial charge >= 0.3 is 12.1 Å². The van der Waals surface area contributed by atoms with E-state index in [0.717, 1.165) is 44.0 Å². The zero-order valence-corrected chi connectivity index (χ0v) is 23.8. The summed E-state index contributed by atoms with van der Waals surface area (Å²) < 4.78 is 60.8. The van der Waals surface area contributed by atoms with Crippen molar-refractivity contribution in [1.29, 1.82) is 0 Å². The van der Waals surface area contributed by atoms with Gasteiger partial charge in [0.25, 0.3) is 15.9 Å². The number of aliphatic carboxylic acids is 1. The number of alkyl halides is 3. The van der Waals surface area contributed by atoms with Crippen LogP contribution < -0.4 is 14.9 Å². The molecule has 0 bridgehead atoms. The number of carboxylic acid groups (broad SMARTS) is 1. The average molecular weight is 588 g/mol. The number of nitrogens with zero attached hydrogens (tertiary/aromatic N) is 3. The van der Waals surface area contributed by atoms with Crippen molar-refractivity contribution in [2.75, 3.05) is 69.5 Å². The molecule has 1 aliphatic rings. The highest BCUT2D eigenvalue weighted by molar-refractivity contribution is 7.92. The van der Waals surface area contributed by atoms with E-state index in [0.29, 0.717) is 24.3 Å². The van der Waals surface area contributed by atoms with Crippen LogP contribution in [0.5, 0.6) is 0 Å². The summed E-state index contributed by atoms with van der Waals surface area (Å²) in [6, 6.07) is 12.1. The maximum atomic E-state index is 13.2. The van der Waals surface area contributed by atoms with Gasteiger partial charge in [-0.25, -0.2) is 13.2 Å². The van der Waals surface area contributed by atoms with Crippen LogP contribution in [0.3, 0.4) is 0 Å². The van der Waals surface area contributed by atoms with E-state index >= 15 is 0 Å². The van der Waals surface area contributed by atoms with Crippen molar-refractivity contribution in [3.63, 3.8) is 0 Å². The number of carbonyl (C=O) groups excluding carboxylic acids is 1. The first-order chi connectivity index (χ1) is 18.7.